The van der Waals surface area contributed by atoms with Crippen LogP contribution < -0.4 is 0 Å². The normalized spacial score (nSPS) is 27.0. The third kappa shape index (κ3) is 2.75. The molecule has 1 saturated heterocycles. The molecule has 0 bridgehead atoms. The van der Waals surface area contributed by atoms with E-state index < -0.39 is 12.2 Å². The molecule has 1 aromatic rings. The molecule has 1 fully saturated rings. The Bertz CT molecular complexity index is 476. The topological polar surface area (TPSA) is 60.8 Å². The molecule has 3 rings (SSSR count). The smallest absolute Gasteiger partial charge is 0.264 e. The molecule has 1 aromatic heterocycles. The summed E-state index contributed by atoms with van der Waals surface area (Å²) in [4.78, 5) is 16.3. The maximum Gasteiger partial charge on any atom is 0.264 e. The number of likely N-dealkylation sites (tertiary alicyclic amines) is 1. The van der Waals surface area contributed by atoms with Crippen LogP contribution in [-0.4, -0.2) is 46.3 Å². The molecule has 2 N–H and O–H groups in total. The first-order chi connectivity index (χ1) is 9.65. The van der Waals surface area contributed by atoms with E-state index in [4.69, 9.17) is 0 Å². The molecule has 2 atom stereocenters. The molecular formula is C15H21NO3S. The molecule has 5 heteroatoms. The molecule has 0 unspecified atom stereocenters. The van der Waals surface area contributed by atoms with Crippen LogP contribution in [-0.2, 0) is 12.8 Å². The SMILES string of the molecule is O=C(c1cc2c(s1)CCCCC2)N1CC[C@@H](O)[C@H](O)C1. The van der Waals surface area contributed by atoms with Crippen LogP contribution in [0.3, 0.4) is 0 Å². The van der Waals surface area contributed by atoms with Crippen LogP contribution in [0.5, 0.6) is 0 Å². The fourth-order valence-electron chi connectivity index (χ4n) is 3.03. The Morgan fingerprint density at radius 2 is 2.00 bits per heavy atom. The molecule has 0 spiro atoms. The van der Waals surface area contributed by atoms with Crippen LogP contribution >= 0.6 is 11.3 Å². The zero-order valence-corrected chi connectivity index (χ0v) is 12.4. The fourth-order valence-corrected chi connectivity index (χ4v) is 4.25. The lowest BCUT2D eigenvalue weighted by molar-refractivity contribution is -0.0320. The van der Waals surface area contributed by atoms with E-state index in [9.17, 15) is 15.0 Å². The zero-order valence-electron chi connectivity index (χ0n) is 11.5. The second kappa shape index (κ2) is 5.84. The van der Waals surface area contributed by atoms with Gasteiger partial charge in [0.2, 0.25) is 0 Å². The van der Waals surface area contributed by atoms with Gasteiger partial charge in [-0.25, -0.2) is 0 Å². The lowest BCUT2D eigenvalue weighted by Crippen LogP contribution is -2.48. The van der Waals surface area contributed by atoms with E-state index in [0.717, 1.165) is 17.7 Å². The van der Waals surface area contributed by atoms with Crippen molar-refractivity contribution < 1.29 is 15.0 Å². The highest BCUT2D eigenvalue weighted by molar-refractivity contribution is 7.14. The van der Waals surface area contributed by atoms with Gasteiger partial charge in [-0.2, -0.15) is 0 Å². The molecule has 0 saturated carbocycles. The van der Waals surface area contributed by atoms with Crippen molar-refractivity contribution in [1.29, 1.82) is 0 Å². The number of rotatable bonds is 1. The van der Waals surface area contributed by atoms with Crippen molar-refractivity contribution >= 4 is 17.2 Å². The number of amides is 1. The number of fused-ring (bicyclic) bond motifs is 1. The minimum absolute atomic E-state index is 0.00836. The van der Waals surface area contributed by atoms with E-state index in [1.54, 1.807) is 16.2 Å². The van der Waals surface area contributed by atoms with Crippen LogP contribution in [0, 0.1) is 0 Å². The first kappa shape index (κ1) is 14.0. The van der Waals surface area contributed by atoms with Crippen LogP contribution in [0.4, 0.5) is 0 Å². The Morgan fingerprint density at radius 1 is 1.20 bits per heavy atom. The van der Waals surface area contributed by atoms with Crippen LogP contribution in [0.1, 0.15) is 45.8 Å². The van der Waals surface area contributed by atoms with Gasteiger partial charge in [0.05, 0.1) is 17.1 Å². The van der Waals surface area contributed by atoms with Gasteiger partial charge in [-0.1, -0.05) is 6.42 Å². The van der Waals surface area contributed by atoms with Crippen molar-refractivity contribution in [3.05, 3.63) is 21.4 Å². The predicted molar refractivity (Wildman–Crippen MR) is 78.1 cm³/mol. The van der Waals surface area contributed by atoms with E-state index in [0.29, 0.717) is 13.0 Å². The second-order valence-corrected chi connectivity index (χ2v) is 6.93. The van der Waals surface area contributed by atoms with Gasteiger partial charge in [0.25, 0.3) is 5.91 Å². The van der Waals surface area contributed by atoms with E-state index in [1.807, 2.05) is 6.07 Å². The Morgan fingerprint density at radius 3 is 2.80 bits per heavy atom. The number of hydrogen-bond donors (Lipinski definition) is 2. The Labute approximate surface area is 123 Å². The number of aryl methyl sites for hydroxylation is 2. The van der Waals surface area contributed by atoms with Crippen molar-refractivity contribution in [1.82, 2.24) is 4.90 Å². The molecular weight excluding hydrogens is 274 g/mol. The van der Waals surface area contributed by atoms with Gasteiger partial charge in [0, 0.05) is 18.0 Å². The number of β-amino-alcohol motifs (C(OH)–C–C–N with tert-alkyl or cyclic N) is 1. The van der Waals surface area contributed by atoms with Gasteiger partial charge in [-0.3, -0.25) is 4.79 Å². The summed E-state index contributed by atoms with van der Waals surface area (Å²) in [6.07, 6.45) is 4.83. The molecule has 20 heavy (non-hydrogen) atoms. The number of hydrogen-bond acceptors (Lipinski definition) is 4. The van der Waals surface area contributed by atoms with Crippen molar-refractivity contribution in [3.63, 3.8) is 0 Å². The summed E-state index contributed by atoms with van der Waals surface area (Å²) in [5, 5.41) is 19.2. The van der Waals surface area contributed by atoms with Gasteiger partial charge in [0.15, 0.2) is 0 Å². The standard InChI is InChI=1S/C15H21NO3S/c17-11-6-7-16(9-12(11)18)15(19)14-8-10-4-2-1-3-5-13(10)20-14/h8,11-12,17-18H,1-7,9H2/t11-,12-/m1/s1. The minimum atomic E-state index is -0.814. The number of carbonyl (C=O) groups excluding carboxylic acids is 1. The van der Waals surface area contributed by atoms with Crippen molar-refractivity contribution in [3.8, 4) is 0 Å². The summed E-state index contributed by atoms with van der Waals surface area (Å²) >= 11 is 1.62. The molecule has 4 nitrogen and oxygen atoms in total. The first-order valence-corrected chi connectivity index (χ1v) is 8.24. The minimum Gasteiger partial charge on any atom is -0.390 e. The summed E-state index contributed by atoms with van der Waals surface area (Å²) in [6, 6.07) is 2.05. The van der Waals surface area contributed by atoms with Crippen LogP contribution in [0.15, 0.2) is 6.07 Å². The lowest BCUT2D eigenvalue weighted by atomic mass is 10.0. The molecule has 2 heterocycles. The number of aliphatic hydroxyl groups is 2. The molecule has 0 radical (unpaired) electrons. The number of carbonyl (C=O) groups is 1. The van der Waals surface area contributed by atoms with Crippen molar-refractivity contribution in [2.45, 2.75) is 50.7 Å². The third-order valence-corrected chi connectivity index (χ3v) is 5.52. The molecule has 110 valence electrons. The summed E-state index contributed by atoms with van der Waals surface area (Å²) in [5.74, 6) is 0.00836. The summed E-state index contributed by atoms with van der Waals surface area (Å²) in [7, 11) is 0. The first-order valence-electron chi connectivity index (χ1n) is 7.42. The zero-order chi connectivity index (χ0) is 14.1. The highest BCUT2D eigenvalue weighted by Gasteiger charge is 2.30. The van der Waals surface area contributed by atoms with Crippen LogP contribution in [0.25, 0.3) is 0 Å². The van der Waals surface area contributed by atoms with Gasteiger partial charge < -0.3 is 15.1 Å². The van der Waals surface area contributed by atoms with Gasteiger partial charge in [0.1, 0.15) is 0 Å². The maximum absolute atomic E-state index is 12.5. The van der Waals surface area contributed by atoms with E-state index in [-0.39, 0.29) is 12.5 Å². The van der Waals surface area contributed by atoms with Gasteiger partial charge in [-0.05, 0) is 43.7 Å². The average Bonchev–Trinajstić information content (AvgIpc) is 2.72. The number of aliphatic hydroxyl groups excluding tert-OH is 2. The largest absolute Gasteiger partial charge is 0.390 e. The molecule has 1 aliphatic heterocycles. The van der Waals surface area contributed by atoms with Crippen molar-refractivity contribution in [2.75, 3.05) is 13.1 Å². The van der Waals surface area contributed by atoms with Crippen LogP contribution in [0.2, 0.25) is 0 Å². The molecule has 1 aliphatic carbocycles. The molecule has 2 aliphatic rings. The van der Waals surface area contributed by atoms with Crippen molar-refractivity contribution in [2.24, 2.45) is 0 Å². The molecule has 1 amide bonds. The third-order valence-electron chi connectivity index (χ3n) is 4.29. The lowest BCUT2D eigenvalue weighted by Gasteiger charge is -2.33. The second-order valence-electron chi connectivity index (χ2n) is 5.79. The highest BCUT2D eigenvalue weighted by atomic mass is 32.1. The number of piperidine rings is 1. The number of nitrogens with zero attached hydrogens (tertiary/aromatic N) is 1. The number of thiophene rings is 1. The summed E-state index contributed by atoms with van der Waals surface area (Å²) in [6.45, 7) is 0.766. The Hall–Kier alpha value is -0.910. The quantitative estimate of drug-likeness (QED) is 0.773. The summed E-state index contributed by atoms with van der Waals surface area (Å²) in [5.41, 5.74) is 1.34. The predicted octanol–water partition coefficient (Wildman–Crippen LogP) is 1.58. The fraction of sp³-hybridized carbons (Fsp3) is 0.667. The van der Waals surface area contributed by atoms with E-state index in [1.165, 1.54) is 29.7 Å². The maximum atomic E-state index is 12.5. The summed E-state index contributed by atoms with van der Waals surface area (Å²) < 4.78 is 0. The van der Waals surface area contributed by atoms with Gasteiger partial charge >= 0.3 is 0 Å². The Balaban J connectivity index is 1.74. The average molecular weight is 295 g/mol. The highest BCUT2D eigenvalue weighted by Crippen LogP contribution is 2.30. The Kier molecular flexibility index (Phi) is 4.10. The van der Waals surface area contributed by atoms with E-state index in [2.05, 4.69) is 0 Å². The van der Waals surface area contributed by atoms with Gasteiger partial charge in [-0.15, -0.1) is 11.3 Å². The monoisotopic (exact) mass is 295 g/mol. The van der Waals surface area contributed by atoms with E-state index >= 15 is 0 Å². The molecule has 0 aromatic carbocycles.